The first-order valence-electron chi connectivity index (χ1n) is 9.76. The molecule has 1 atom stereocenters. The number of hydrogen-bond acceptors (Lipinski definition) is 5. The number of anilines is 1. The van der Waals surface area contributed by atoms with Crippen LogP contribution in [0.25, 0.3) is 5.69 Å². The first kappa shape index (κ1) is 21.8. The van der Waals surface area contributed by atoms with Gasteiger partial charge in [0.2, 0.25) is 0 Å². The second-order valence-electron chi connectivity index (χ2n) is 7.10. The average molecular weight is 450 g/mol. The summed E-state index contributed by atoms with van der Waals surface area (Å²) in [5.41, 5.74) is -2.10. The van der Waals surface area contributed by atoms with Gasteiger partial charge in [-0.1, -0.05) is 5.21 Å². The molecule has 1 amide bonds. The summed E-state index contributed by atoms with van der Waals surface area (Å²) in [6.45, 7) is 1.11. The van der Waals surface area contributed by atoms with Gasteiger partial charge in [-0.25, -0.2) is 9.07 Å². The van der Waals surface area contributed by atoms with Crippen LogP contribution < -0.4 is 10.1 Å². The minimum Gasteiger partial charge on any atom is -0.491 e. The van der Waals surface area contributed by atoms with Crippen molar-refractivity contribution in [3.63, 3.8) is 0 Å². The van der Waals surface area contributed by atoms with Gasteiger partial charge in [0, 0.05) is 12.3 Å². The van der Waals surface area contributed by atoms with Crippen molar-refractivity contribution in [1.29, 1.82) is 0 Å². The fourth-order valence-electron chi connectivity index (χ4n) is 3.24. The largest absolute Gasteiger partial charge is 0.491 e. The molecular formula is C21H18F4N4O3. The van der Waals surface area contributed by atoms with Gasteiger partial charge in [0.05, 0.1) is 11.8 Å². The zero-order chi connectivity index (χ0) is 22.7. The zero-order valence-corrected chi connectivity index (χ0v) is 16.6. The van der Waals surface area contributed by atoms with E-state index in [2.05, 4.69) is 15.6 Å². The molecule has 4 rings (SSSR count). The molecule has 1 N–H and O–H groups in total. The van der Waals surface area contributed by atoms with Crippen LogP contribution >= 0.6 is 0 Å². The highest BCUT2D eigenvalue weighted by Crippen LogP contribution is 2.33. The number of alkyl halides is 3. The molecule has 1 fully saturated rings. The lowest BCUT2D eigenvalue weighted by atomic mass is 10.2. The number of rotatable bonds is 6. The third-order valence-electron chi connectivity index (χ3n) is 4.80. The van der Waals surface area contributed by atoms with E-state index in [0.717, 1.165) is 37.1 Å². The van der Waals surface area contributed by atoms with Crippen molar-refractivity contribution in [3.05, 3.63) is 65.7 Å². The Bertz CT molecular complexity index is 1080. The van der Waals surface area contributed by atoms with Crippen molar-refractivity contribution in [2.24, 2.45) is 0 Å². The van der Waals surface area contributed by atoms with Gasteiger partial charge in [-0.05, 0) is 61.4 Å². The van der Waals surface area contributed by atoms with E-state index in [0.29, 0.717) is 23.6 Å². The fraction of sp³-hybridized carbons (Fsp3) is 0.286. The van der Waals surface area contributed by atoms with E-state index in [1.807, 2.05) is 0 Å². The molecule has 2 heterocycles. The third kappa shape index (κ3) is 4.88. The number of hydrogen-bond donors (Lipinski definition) is 1. The second kappa shape index (κ2) is 8.95. The number of carbonyl (C=O) groups is 1. The maximum atomic E-state index is 13.7. The van der Waals surface area contributed by atoms with E-state index in [-0.39, 0.29) is 17.5 Å². The van der Waals surface area contributed by atoms with E-state index >= 15 is 0 Å². The SMILES string of the molecule is O=C(Nc1ccc(OCC2CCCO2)cc1)c1nnn(-c2ccc(F)cc2)c1C(F)(F)F. The number of aromatic nitrogens is 3. The lowest BCUT2D eigenvalue weighted by Gasteiger charge is -2.12. The van der Waals surface area contributed by atoms with Crippen LogP contribution in [0.15, 0.2) is 48.5 Å². The summed E-state index contributed by atoms with van der Waals surface area (Å²) in [5, 5.41) is 9.24. The van der Waals surface area contributed by atoms with Crippen LogP contribution in [0.5, 0.6) is 5.75 Å². The maximum Gasteiger partial charge on any atom is 0.435 e. The predicted octanol–water partition coefficient (Wildman–Crippen LogP) is 4.24. The molecule has 1 unspecified atom stereocenters. The number of nitrogens with zero attached hydrogens (tertiary/aromatic N) is 3. The quantitative estimate of drug-likeness (QED) is 0.569. The molecule has 2 aromatic carbocycles. The van der Waals surface area contributed by atoms with Gasteiger partial charge in [-0.2, -0.15) is 13.2 Å². The zero-order valence-electron chi connectivity index (χ0n) is 16.6. The van der Waals surface area contributed by atoms with Crippen molar-refractivity contribution >= 4 is 11.6 Å². The van der Waals surface area contributed by atoms with Crippen molar-refractivity contribution < 1.29 is 31.8 Å². The monoisotopic (exact) mass is 450 g/mol. The number of ether oxygens (including phenoxy) is 2. The molecule has 7 nitrogen and oxygen atoms in total. The van der Waals surface area contributed by atoms with E-state index in [1.165, 1.54) is 12.1 Å². The summed E-state index contributed by atoms with van der Waals surface area (Å²) in [7, 11) is 0. The number of halogens is 4. The van der Waals surface area contributed by atoms with Crippen LogP contribution in [0.4, 0.5) is 23.2 Å². The number of benzene rings is 2. The van der Waals surface area contributed by atoms with Gasteiger partial charge in [0.1, 0.15) is 18.2 Å². The van der Waals surface area contributed by atoms with Crippen molar-refractivity contribution in [2.45, 2.75) is 25.1 Å². The maximum absolute atomic E-state index is 13.7. The lowest BCUT2D eigenvalue weighted by molar-refractivity contribution is -0.143. The number of carbonyl (C=O) groups excluding carboxylic acids is 1. The highest BCUT2D eigenvalue weighted by Gasteiger charge is 2.42. The van der Waals surface area contributed by atoms with Crippen molar-refractivity contribution in [3.8, 4) is 11.4 Å². The first-order valence-corrected chi connectivity index (χ1v) is 9.76. The average Bonchev–Trinajstić information content (AvgIpc) is 3.44. The Hall–Kier alpha value is -3.47. The van der Waals surface area contributed by atoms with Crippen molar-refractivity contribution in [2.75, 3.05) is 18.5 Å². The molecule has 1 aliphatic heterocycles. The molecule has 0 aliphatic carbocycles. The van der Waals surface area contributed by atoms with Gasteiger partial charge < -0.3 is 14.8 Å². The number of amides is 1. The molecule has 168 valence electrons. The van der Waals surface area contributed by atoms with Crippen molar-refractivity contribution in [1.82, 2.24) is 15.0 Å². The molecule has 3 aromatic rings. The minimum absolute atomic E-state index is 0.0406. The highest BCUT2D eigenvalue weighted by atomic mass is 19.4. The summed E-state index contributed by atoms with van der Waals surface area (Å²) in [5.74, 6) is -1.17. The van der Waals surface area contributed by atoms with E-state index in [4.69, 9.17) is 9.47 Å². The standard InChI is InChI=1S/C21H18F4N4O3/c22-13-3-7-15(8-4-13)29-19(21(23,24)25)18(27-28-29)20(30)26-14-5-9-16(10-6-14)32-12-17-2-1-11-31-17/h3-10,17H,1-2,11-12H2,(H,26,30). The minimum atomic E-state index is -4.93. The Morgan fingerprint density at radius 2 is 1.88 bits per heavy atom. The van der Waals surface area contributed by atoms with Gasteiger partial charge >= 0.3 is 6.18 Å². The molecule has 1 aliphatic rings. The fourth-order valence-corrected chi connectivity index (χ4v) is 3.24. The number of nitrogens with one attached hydrogen (secondary N) is 1. The van der Waals surface area contributed by atoms with Gasteiger partial charge in [0.25, 0.3) is 5.91 Å². The molecule has 11 heteroatoms. The molecular weight excluding hydrogens is 432 g/mol. The Balaban J connectivity index is 1.50. The van der Waals surface area contributed by atoms with Gasteiger partial charge in [-0.15, -0.1) is 5.10 Å². The Labute approximate surface area is 179 Å². The molecule has 1 saturated heterocycles. The van der Waals surface area contributed by atoms with Gasteiger partial charge in [0.15, 0.2) is 11.4 Å². The van der Waals surface area contributed by atoms with Crippen LogP contribution in [0.1, 0.15) is 29.0 Å². The summed E-state index contributed by atoms with van der Waals surface area (Å²) < 4.78 is 65.7. The third-order valence-corrected chi connectivity index (χ3v) is 4.80. The molecule has 0 radical (unpaired) electrons. The highest BCUT2D eigenvalue weighted by molar-refractivity contribution is 6.03. The molecule has 0 bridgehead atoms. The Kier molecular flexibility index (Phi) is 6.08. The normalized spacial score (nSPS) is 16.2. The van der Waals surface area contributed by atoms with E-state index in [1.54, 1.807) is 12.1 Å². The summed E-state index contributed by atoms with van der Waals surface area (Å²) in [6, 6.07) is 10.4. The first-order chi connectivity index (χ1) is 15.3. The van der Waals surface area contributed by atoms with Crippen LogP contribution in [0.2, 0.25) is 0 Å². The predicted molar refractivity (Wildman–Crippen MR) is 105 cm³/mol. The topological polar surface area (TPSA) is 78.3 Å². The lowest BCUT2D eigenvalue weighted by Crippen LogP contribution is -2.21. The van der Waals surface area contributed by atoms with Crippen LogP contribution in [-0.4, -0.2) is 40.2 Å². The summed E-state index contributed by atoms with van der Waals surface area (Å²) in [6.07, 6.45) is -2.97. The molecule has 0 saturated carbocycles. The molecule has 1 aromatic heterocycles. The summed E-state index contributed by atoms with van der Waals surface area (Å²) in [4.78, 5) is 12.5. The van der Waals surface area contributed by atoms with Crippen LogP contribution in [0, 0.1) is 5.82 Å². The smallest absolute Gasteiger partial charge is 0.435 e. The molecule has 0 spiro atoms. The molecule has 32 heavy (non-hydrogen) atoms. The Morgan fingerprint density at radius 1 is 1.16 bits per heavy atom. The van der Waals surface area contributed by atoms with Gasteiger partial charge in [-0.3, -0.25) is 4.79 Å². The van der Waals surface area contributed by atoms with E-state index < -0.39 is 29.3 Å². The van der Waals surface area contributed by atoms with E-state index in [9.17, 15) is 22.4 Å². The van der Waals surface area contributed by atoms with Crippen LogP contribution in [-0.2, 0) is 10.9 Å². The summed E-state index contributed by atoms with van der Waals surface area (Å²) >= 11 is 0. The Morgan fingerprint density at radius 3 is 2.50 bits per heavy atom. The second-order valence-corrected chi connectivity index (χ2v) is 7.10. The van der Waals surface area contributed by atoms with Crippen LogP contribution in [0.3, 0.4) is 0 Å².